The quantitative estimate of drug-likeness (QED) is 0.750. The van der Waals surface area contributed by atoms with Crippen LogP contribution in [0, 0.1) is 0 Å². The van der Waals surface area contributed by atoms with Gasteiger partial charge in [0, 0.05) is 24.0 Å². The second-order valence-electron chi connectivity index (χ2n) is 3.54. The first-order valence-electron chi connectivity index (χ1n) is 5.22. The van der Waals surface area contributed by atoms with Crippen molar-refractivity contribution in [1.82, 2.24) is 15.0 Å². The lowest BCUT2D eigenvalue weighted by Crippen LogP contribution is -1.91. The molecule has 0 saturated heterocycles. The second kappa shape index (κ2) is 4.10. The highest BCUT2D eigenvalue weighted by Gasteiger charge is 2.06. The van der Waals surface area contributed by atoms with E-state index in [9.17, 15) is 0 Å². The van der Waals surface area contributed by atoms with Gasteiger partial charge in [-0.1, -0.05) is 18.2 Å². The van der Waals surface area contributed by atoms with Gasteiger partial charge in [0.1, 0.15) is 5.69 Å². The number of nitrogens with zero attached hydrogens (tertiary/aromatic N) is 3. The van der Waals surface area contributed by atoms with Crippen LogP contribution >= 0.6 is 11.3 Å². The number of hydrogen-bond donors (Lipinski definition) is 1. The molecule has 0 fully saturated rings. The molecule has 3 rings (SSSR count). The van der Waals surface area contributed by atoms with E-state index in [0.29, 0.717) is 5.82 Å². The number of hydrogen-bond acceptors (Lipinski definition) is 5. The van der Waals surface area contributed by atoms with E-state index in [1.165, 1.54) is 0 Å². The average Bonchev–Trinajstić information content (AvgIpc) is 2.87. The topological polar surface area (TPSA) is 50.7 Å². The number of nitrogens with one attached hydrogen (secondary N) is 1. The van der Waals surface area contributed by atoms with Crippen molar-refractivity contribution in [2.75, 3.05) is 12.4 Å². The maximum absolute atomic E-state index is 4.50. The molecule has 2 aromatic heterocycles. The lowest BCUT2D eigenvalue weighted by Gasteiger charge is -1.98. The van der Waals surface area contributed by atoms with Gasteiger partial charge in [0.05, 0.1) is 5.52 Å². The summed E-state index contributed by atoms with van der Waals surface area (Å²) in [5.74, 6) is 0.668. The SMILES string of the molecule is CNc1nc(-c2ncc3ccccc3n2)cs1. The van der Waals surface area contributed by atoms with Gasteiger partial charge < -0.3 is 5.32 Å². The minimum atomic E-state index is 0.668. The fraction of sp³-hybridized carbons (Fsp3) is 0.0833. The van der Waals surface area contributed by atoms with Crippen molar-refractivity contribution in [1.29, 1.82) is 0 Å². The number of thiazole rings is 1. The van der Waals surface area contributed by atoms with Gasteiger partial charge in [0.2, 0.25) is 0 Å². The molecule has 0 aliphatic rings. The molecule has 1 aromatic carbocycles. The van der Waals surface area contributed by atoms with Crippen LogP contribution in [0.2, 0.25) is 0 Å². The Bertz CT molecular complexity index is 662. The molecule has 0 unspecified atom stereocenters. The van der Waals surface area contributed by atoms with Crippen LogP contribution in [0.25, 0.3) is 22.4 Å². The van der Waals surface area contributed by atoms with Gasteiger partial charge in [-0.2, -0.15) is 0 Å². The van der Waals surface area contributed by atoms with Gasteiger partial charge in [-0.05, 0) is 6.07 Å². The number of para-hydroxylation sites is 1. The van der Waals surface area contributed by atoms with Crippen molar-refractivity contribution in [2.24, 2.45) is 0 Å². The van der Waals surface area contributed by atoms with Crippen molar-refractivity contribution >= 4 is 27.4 Å². The first kappa shape index (κ1) is 10.2. The minimum absolute atomic E-state index is 0.668. The zero-order chi connectivity index (χ0) is 11.7. The number of benzene rings is 1. The summed E-state index contributed by atoms with van der Waals surface area (Å²) in [7, 11) is 1.85. The highest BCUT2D eigenvalue weighted by Crippen LogP contribution is 2.22. The average molecular weight is 242 g/mol. The van der Waals surface area contributed by atoms with Gasteiger partial charge in [0.25, 0.3) is 0 Å². The maximum atomic E-state index is 4.50. The highest BCUT2D eigenvalue weighted by atomic mass is 32.1. The summed E-state index contributed by atoms with van der Waals surface area (Å²) in [6.45, 7) is 0. The summed E-state index contributed by atoms with van der Waals surface area (Å²) in [6.07, 6.45) is 1.83. The molecule has 1 N–H and O–H groups in total. The largest absolute Gasteiger partial charge is 0.365 e. The first-order valence-corrected chi connectivity index (χ1v) is 6.10. The van der Waals surface area contributed by atoms with E-state index in [-0.39, 0.29) is 0 Å². The summed E-state index contributed by atoms with van der Waals surface area (Å²) < 4.78 is 0. The number of anilines is 1. The Morgan fingerprint density at radius 2 is 2.06 bits per heavy atom. The van der Waals surface area contributed by atoms with Gasteiger partial charge in [0.15, 0.2) is 11.0 Å². The molecular formula is C12H10N4S. The van der Waals surface area contributed by atoms with Crippen LogP contribution in [0.3, 0.4) is 0 Å². The number of fused-ring (bicyclic) bond motifs is 1. The Balaban J connectivity index is 2.11. The van der Waals surface area contributed by atoms with Crippen molar-refractivity contribution in [3.63, 3.8) is 0 Å². The first-order chi connectivity index (χ1) is 8.36. The van der Waals surface area contributed by atoms with Crippen molar-refractivity contribution in [2.45, 2.75) is 0 Å². The van der Waals surface area contributed by atoms with E-state index in [0.717, 1.165) is 21.7 Å². The molecule has 0 atom stereocenters. The maximum Gasteiger partial charge on any atom is 0.183 e. The predicted octanol–water partition coefficient (Wildman–Crippen LogP) is 2.80. The predicted molar refractivity (Wildman–Crippen MR) is 70.2 cm³/mol. The highest BCUT2D eigenvalue weighted by molar-refractivity contribution is 7.14. The molecule has 5 heteroatoms. The molecule has 0 aliphatic carbocycles. The fourth-order valence-corrected chi connectivity index (χ4v) is 2.24. The van der Waals surface area contributed by atoms with Crippen LogP contribution in [0.15, 0.2) is 35.8 Å². The molecule has 3 aromatic rings. The molecule has 0 aliphatic heterocycles. The Morgan fingerprint density at radius 1 is 1.18 bits per heavy atom. The normalized spacial score (nSPS) is 10.6. The van der Waals surface area contributed by atoms with E-state index in [2.05, 4.69) is 20.3 Å². The van der Waals surface area contributed by atoms with E-state index in [1.807, 2.05) is 42.9 Å². The Hall–Kier alpha value is -2.01. The lowest BCUT2D eigenvalue weighted by atomic mass is 10.2. The fourth-order valence-electron chi connectivity index (χ4n) is 1.59. The summed E-state index contributed by atoms with van der Waals surface area (Å²) in [6, 6.07) is 7.93. The molecular weight excluding hydrogens is 232 g/mol. The third kappa shape index (κ3) is 1.85. The Labute approximate surface area is 102 Å². The van der Waals surface area contributed by atoms with Gasteiger partial charge in [-0.15, -0.1) is 11.3 Å². The van der Waals surface area contributed by atoms with Crippen LogP contribution in [-0.2, 0) is 0 Å². The van der Waals surface area contributed by atoms with Crippen LogP contribution in [0.5, 0.6) is 0 Å². The smallest absolute Gasteiger partial charge is 0.183 e. The van der Waals surface area contributed by atoms with Crippen molar-refractivity contribution in [3.05, 3.63) is 35.8 Å². The Morgan fingerprint density at radius 3 is 2.88 bits per heavy atom. The van der Waals surface area contributed by atoms with Crippen molar-refractivity contribution in [3.8, 4) is 11.5 Å². The molecule has 4 nitrogen and oxygen atoms in total. The van der Waals surface area contributed by atoms with Gasteiger partial charge in [-0.3, -0.25) is 0 Å². The molecule has 0 spiro atoms. The summed E-state index contributed by atoms with van der Waals surface area (Å²) in [5.41, 5.74) is 1.75. The van der Waals surface area contributed by atoms with Crippen LogP contribution < -0.4 is 5.32 Å². The zero-order valence-electron chi connectivity index (χ0n) is 9.21. The lowest BCUT2D eigenvalue weighted by molar-refractivity contribution is 1.19. The summed E-state index contributed by atoms with van der Waals surface area (Å²) in [4.78, 5) is 13.2. The summed E-state index contributed by atoms with van der Waals surface area (Å²) in [5, 5.41) is 6.87. The number of aromatic nitrogens is 3. The molecule has 0 radical (unpaired) electrons. The second-order valence-corrected chi connectivity index (χ2v) is 4.40. The van der Waals surface area contributed by atoms with E-state index in [4.69, 9.17) is 0 Å². The van der Waals surface area contributed by atoms with Crippen LogP contribution in [0.1, 0.15) is 0 Å². The van der Waals surface area contributed by atoms with Gasteiger partial charge >= 0.3 is 0 Å². The molecule has 17 heavy (non-hydrogen) atoms. The molecule has 2 heterocycles. The van der Waals surface area contributed by atoms with Crippen molar-refractivity contribution < 1.29 is 0 Å². The van der Waals surface area contributed by atoms with Crippen LogP contribution in [0.4, 0.5) is 5.13 Å². The third-order valence-corrected chi connectivity index (χ3v) is 3.30. The molecule has 0 amide bonds. The number of rotatable bonds is 2. The molecule has 0 bridgehead atoms. The van der Waals surface area contributed by atoms with E-state index < -0.39 is 0 Å². The summed E-state index contributed by atoms with van der Waals surface area (Å²) >= 11 is 1.55. The van der Waals surface area contributed by atoms with Crippen LogP contribution in [-0.4, -0.2) is 22.0 Å². The molecule has 84 valence electrons. The zero-order valence-corrected chi connectivity index (χ0v) is 10.0. The monoisotopic (exact) mass is 242 g/mol. The Kier molecular flexibility index (Phi) is 2.45. The van der Waals surface area contributed by atoms with E-state index >= 15 is 0 Å². The third-order valence-electron chi connectivity index (χ3n) is 2.44. The standard InChI is InChI=1S/C12H10N4S/c1-13-12-16-10(7-17-12)11-14-6-8-4-2-3-5-9(8)15-11/h2-7H,1H3,(H,13,16). The molecule has 0 saturated carbocycles. The minimum Gasteiger partial charge on any atom is -0.365 e. The van der Waals surface area contributed by atoms with E-state index in [1.54, 1.807) is 11.3 Å². The van der Waals surface area contributed by atoms with Gasteiger partial charge in [-0.25, -0.2) is 15.0 Å².